The Labute approximate surface area is 153 Å². The molecule has 2 atom stereocenters. The molecule has 1 aliphatic heterocycles. The predicted octanol–water partition coefficient (Wildman–Crippen LogP) is 1.62. The number of rotatable bonds is 5. The maximum atomic E-state index is 12.1. The molecule has 1 aliphatic carbocycles. The van der Waals surface area contributed by atoms with Crippen LogP contribution in [0.2, 0.25) is 0 Å². The second-order valence-electron chi connectivity index (χ2n) is 6.50. The standard InChI is InChI=1S/C18H25N3O3S/c1-12(24-15-8-7-13-4-2-5-14(13)10-15)17(22)20-21-18(25)19-11-16-6-3-9-23-16/h7-8,10,12,16H,2-6,9,11H2,1H3,(H,20,22)(H2,19,21,25)/t12-,16-/m1/s1. The average Bonchev–Trinajstić information content (AvgIpc) is 3.28. The van der Waals surface area contributed by atoms with E-state index in [0.717, 1.165) is 38.0 Å². The van der Waals surface area contributed by atoms with E-state index in [9.17, 15) is 4.79 Å². The van der Waals surface area contributed by atoms with E-state index in [0.29, 0.717) is 11.7 Å². The minimum atomic E-state index is -0.618. The van der Waals surface area contributed by atoms with Gasteiger partial charge in [0.15, 0.2) is 11.2 Å². The van der Waals surface area contributed by atoms with Crippen LogP contribution < -0.4 is 20.9 Å². The normalized spacial score (nSPS) is 19.8. The fourth-order valence-corrected chi connectivity index (χ4v) is 3.29. The van der Waals surface area contributed by atoms with Crippen LogP contribution in [0.25, 0.3) is 0 Å². The largest absolute Gasteiger partial charge is 0.481 e. The summed E-state index contributed by atoms with van der Waals surface area (Å²) in [4.78, 5) is 12.1. The summed E-state index contributed by atoms with van der Waals surface area (Å²) < 4.78 is 11.2. The van der Waals surface area contributed by atoms with Gasteiger partial charge < -0.3 is 14.8 Å². The van der Waals surface area contributed by atoms with Crippen LogP contribution in [0.3, 0.4) is 0 Å². The molecule has 25 heavy (non-hydrogen) atoms. The third kappa shape index (κ3) is 5.06. The molecule has 7 heteroatoms. The summed E-state index contributed by atoms with van der Waals surface area (Å²) >= 11 is 5.14. The van der Waals surface area contributed by atoms with Gasteiger partial charge in [0.1, 0.15) is 5.75 Å². The van der Waals surface area contributed by atoms with Gasteiger partial charge >= 0.3 is 0 Å². The van der Waals surface area contributed by atoms with Crippen molar-refractivity contribution in [2.45, 2.75) is 51.2 Å². The molecule has 3 rings (SSSR count). The Bertz CT molecular complexity index is 632. The van der Waals surface area contributed by atoms with Crippen molar-refractivity contribution in [3.8, 4) is 5.75 Å². The molecule has 1 saturated heterocycles. The summed E-state index contributed by atoms with van der Waals surface area (Å²) in [5.74, 6) is 0.448. The van der Waals surface area contributed by atoms with E-state index < -0.39 is 6.10 Å². The SMILES string of the molecule is C[C@@H](Oc1ccc2c(c1)CCC2)C(=O)NNC(=S)NC[C@H]1CCCO1. The number of ether oxygens (including phenoxy) is 2. The van der Waals surface area contributed by atoms with E-state index in [-0.39, 0.29) is 12.0 Å². The Kier molecular flexibility index (Phi) is 6.09. The monoisotopic (exact) mass is 363 g/mol. The lowest BCUT2D eigenvalue weighted by Crippen LogP contribution is -2.51. The van der Waals surface area contributed by atoms with Gasteiger partial charge in [0.05, 0.1) is 6.10 Å². The summed E-state index contributed by atoms with van der Waals surface area (Å²) in [6, 6.07) is 6.05. The lowest BCUT2D eigenvalue weighted by molar-refractivity contribution is -0.127. The number of thiocarbonyl (C=S) groups is 1. The molecule has 0 aromatic heterocycles. The van der Waals surface area contributed by atoms with E-state index in [1.807, 2.05) is 12.1 Å². The first-order valence-electron chi connectivity index (χ1n) is 8.85. The molecule has 0 radical (unpaired) electrons. The van der Waals surface area contributed by atoms with E-state index in [2.05, 4.69) is 22.2 Å². The number of benzene rings is 1. The highest BCUT2D eigenvalue weighted by molar-refractivity contribution is 7.80. The van der Waals surface area contributed by atoms with Gasteiger partial charge in [-0.1, -0.05) is 6.07 Å². The molecule has 3 N–H and O–H groups in total. The fraction of sp³-hybridized carbons (Fsp3) is 0.556. The van der Waals surface area contributed by atoms with Crippen molar-refractivity contribution in [2.75, 3.05) is 13.2 Å². The Morgan fingerprint density at radius 1 is 1.32 bits per heavy atom. The van der Waals surface area contributed by atoms with E-state index >= 15 is 0 Å². The van der Waals surface area contributed by atoms with E-state index in [1.54, 1.807) is 6.92 Å². The molecule has 136 valence electrons. The molecule has 1 fully saturated rings. The maximum absolute atomic E-state index is 12.1. The van der Waals surface area contributed by atoms with Crippen molar-refractivity contribution in [3.05, 3.63) is 29.3 Å². The maximum Gasteiger partial charge on any atom is 0.279 e. The minimum absolute atomic E-state index is 0.192. The molecule has 1 aromatic carbocycles. The Balaban J connectivity index is 1.39. The number of fused-ring (bicyclic) bond motifs is 1. The van der Waals surface area contributed by atoms with Crippen LogP contribution >= 0.6 is 12.2 Å². The first-order chi connectivity index (χ1) is 12.1. The topological polar surface area (TPSA) is 71.6 Å². The molecular weight excluding hydrogens is 338 g/mol. The smallest absolute Gasteiger partial charge is 0.279 e. The highest BCUT2D eigenvalue weighted by Crippen LogP contribution is 2.26. The first-order valence-corrected chi connectivity index (χ1v) is 9.26. The highest BCUT2D eigenvalue weighted by atomic mass is 32.1. The third-order valence-corrected chi connectivity index (χ3v) is 4.81. The molecule has 6 nitrogen and oxygen atoms in total. The molecule has 1 amide bonds. The summed E-state index contributed by atoms with van der Waals surface area (Å²) in [7, 11) is 0. The van der Waals surface area contributed by atoms with Crippen molar-refractivity contribution < 1.29 is 14.3 Å². The van der Waals surface area contributed by atoms with E-state index in [1.165, 1.54) is 17.5 Å². The summed E-state index contributed by atoms with van der Waals surface area (Å²) in [5.41, 5.74) is 7.98. The van der Waals surface area contributed by atoms with Gasteiger partial charge in [0, 0.05) is 13.2 Å². The number of carbonyl (C=O) groups excluding carboxylic acids is 1. The number of hydrogen-bond donors (Lipinski definition) is 3. The van der Waals surface area contributed by atoms with Crippen LogP contribution in [-0.4, -0.2) is 36.4 Å². The van der Waals surface area contributed by atoms with Gasteiger partial charge in [-0.05, 0) is 74.5 Å². The second kappa shape index (κ2) is 8.49. The zero-order chi connectivity index (χ0) is 17.6. The zero-order valence-corrected chi connectivity index (χ0v) is 15.3. The molecule has 0 spiro atoms. The van der Waals surface area contributed by atoms with Crippen LogP contribution in [0, 0.1) is 0 Å². The Hall–Kier alpha value is -1.86. The summed E-state index contributed by atoms with van der Waals surface area (Å²) in [6.07, 6.45) is 5.10. The number of hydrogen-bond acceptors (Lipinski definition) is 4. The third-order valence-electron chi connectivity index (χ3n) is 4.57. The zero-order valence-electron chi connectivity index (χ0n) is 14.5. The molecule has 2 aliphatic rings. The van der Waals surface area contributed by atoms with Gasteiger partial charge in [0.25, 0.3) is 5.91 Å². The van der Waals surface area contributed by atoms with Crippen molar-refractivity contribution in [2.24, 2.45) is 0 Å². The molecule has 0 unspecified atom stereocenters. The lowest BCUT2D eigenvalue weighted by atomic mass is 10.1. The van der Waals surface area contributed by atoms with Crippen LogP contribution in [-0.2, 0) is 22.4 Å². The van der Waals surface area contributed by atoms with E-state index in [4.69, 9.17) is 21.7 Å². The van der Waals surface area contributed by atoms with Gasteiger partial charge in [-0.15, -0.1) is 0 Å². The van der Waals surface area contributed by atoms with Crippen molar-refractivity contribution >= 4 is 23.2 Å². The van der Waals surface area contributed by atoms with Crippen LogP contribution in [0.4, 0.5) is 0 Å². The Morgan fingerprint density at radius 3 is 2.96 bits per heavy atom. The Morgan fingerprint density at radius 2 is 2.16 bits per heavy atom. The minimum Gasteiger partial charge on any atom is -0.481 e. The summed E-state index contributed by atoms with van der Waals surface area (Å²) in [6.45, 7) is 3.16. The number of hydrazine groups is 1. The van der Waals surface area contributed by atoms with Crippen molar-refractivity contribution in [1.29, 1.82) is 0 Å². The van der Waals surface area contributed by atoms with Gasteiger partial charge in [-0.25, -0.2) is 0 Å². The van der Waals surface area contributed by atoms with Crippen molar-refractivity contribution in [3.63, 3.8) is 0 Å². The predicted molar refractivity (Wildman–Crippen MR) is 99.4 cm³/mol. The summed E-state index contributed by atoms with van der Waals surface area (Å²) in [5, 5.41) is 3.41. The van der Waals surface area contributed by atoms with Crippen LogP contribution in [0.15, 0.2) is 18.2 Å². The quantitative estimate of drug-likeness (QED) is 0.545. The second-order valence-corrected chi connectivity index (χ2v) is 6.91. The molecule has 1 aromatic rings. The van der Waals surface area contributed by atoms with Crippen LogP contribution in [0.5, 0.6) is 5.75 Å². The number of aryl methyl sites for hydroxylation is 2. The first kappa shape index (κ1) is 17.9. The number of nitrogens with one attached hydrogen (secondary N) is 3. The van der Waals surface area contributed by atoms with Gasteiger partial charge in [-0.3, -0.25) is 15.6 Å². The van der Waals surface area contributed by atoms with Crippen LogP contribution in [0.1, 0.15) is 37.3 Å². The fourth-order valence-electron chi connectivity index (χ4n) is 3.16. The number of amides is 1. The van der Waals surface area contributed by atoms with Gasteiger partial charge in [-0.2, -0.15) is 0 Å². The number of carbonyl (C=O) groups is 1. The average molecular weight is 363 g/mol. The lowest BCUT2D eigenvalue weighted by Gasteiger charge is -2.18. The molecule has 0 bridgehead atoms. The highest BCUT2D eigenvalue weighted by Gasteiger charge is 2.18. The van der Waals surface area contributed by atoms with Crippen molar-refractivity contribution in [1.82, 2.24) is 16.2 Å². The van der Waals surface area contributed by atoms with Gasteiger partial charge in [0.2, 0.25) is 0 Å². The molecule has 0 saturated carbocycles. The molecule has 1 heterocycles. The molecular formula is C18H25N3O3S.